The molecule has 0 unspecified atom stereocenters. The zero-order valence-corrected chi connectivity index (χ0v) is 27.4. The largest absolute Gasteiger partial charge is 0.480 e. The first-order valence-corrected chi connectivity index (χ1v) is 16.3. The Morgan fingerprint density at radius 2 is 1.23 bits per heavy atom. The number of carbonyl (C=O) groups excluding carboxylic acids is 4. The number of hydrogen-bond donors (Lipinski definition) is 5. The molecule has 1 aliphatic rings. The Balaban J connectivity index is 1.46. The zero-order valence-electron chi connectivity index (χ0n) is 27.4. The molecule has 1 saturated heterocycles. The first-order valence-electron chi connectivity index (χ1n) is 16.3. The number of carboxylic acids is 1. The van der Waals surface area contributed by atoms with E-state index in [-0.39, 0.29) is 31.7 Å². The molecule has 0 radical (unpaired) electrons. The number of amides is 4. The molecule has 0 spiro atoms. The third kappa shape index (κ3) is 9.98. The van der Waals surface area contributed by atoms with Crippen molar-refractivity contribution in [2.75, 3.05) is 6.54 Å². The number of hydrogen-bond acceptors (Lipinski definition) is 6. The number of rotatable bonds is 15. The van der Waals surface area contributed by atoms with Crippen molar-refractivity contribution in [3.05, 3.63) is 108 Å². The van der Waals surface area contributed by atoms with Gasteiger partial charge in [-0.1, -0.05) is 105 Å². The summed E-state index contributed by atoms with van der Waals surface area (Å²) in [6.45, 7) is 3.86. The lowest BCUT2D eigenvalue weighted by atomic mass is 9.99. The normalized spacial score (nSPS) is 16.8. The van der Waals surface area contributed by atoms with Crippen molar-refractivity contribution >= 4 is 29.6 Å². The van der Waals surface area contributed by atoms with E-state index >= 15 is 0 Å². The Morgan fingerprint density at radius 1 is 0.729 bits per heavy atom. The van der Waals surface area contributed by atoms with Gasteiger partial charge in [0.25, 0.3) is 0 Å². The quantitative estimate of drug-likeness (QED) is 0.167. The van der Waals surface area contributed by atoms with E-state index in [2.05, 4.69) is 16.0 Å². The van der Waals surface area contributed by atoms with E-state index in [4.69, 9.17) is 5.73 Å². The standard InChI is InChI=1S/C37H45N5O6/c1-24(2)32(36(46)42-20-12-19-31(42)35(45)40-30(37(47)48)23-27-17-10-5-11-18-27)41-34(44)29(22-26-15-8-4-9-16-26)39-33(43)28(38)21-25-13-6-3-7-14-25/h3-11,13-18,24,28-32H,12,19-23,38H2,1-2H3,(H,39,43)(H,40,45)(H,41,44)(H,47,48)/t28-,29-,30-,31-,32-/m0/s1. The number of carbonyl (C=O) groups is 5. The van der Waals surface area contributed by atoms with Crippen molar-refractivity contribution in [3.8, 4) is 0 Å². The van der Waals surface area contributed by atoms with Crippen LogP contribution in [0.15, 0.2) is 91.0 Å². The summed E-state index contributed by atoms with van der Waals surface area (Å²) in [7, 11) is 0. The smallest absolute Gasteiger partial charge is 0.326 e. The Morgan fingerprint density at radius 3 is 1.73 bits per heavy atom. The molecule has 254 valence electrons. The molecule has 0 aromatic heterocycles. The van der Waals surface area contributed by atoms with Gasteiger partial charge in [0.2, 0.25) is 23.6 Å². The molecule has 3 aromatic rings. The lowest BCUT2D eigenvalue weighted by Crippen LogP contribution is -2.60. The molecule has 1 fully saturated rings. The van der Waals surface area contributed by atoms with E-state index in [0.717, 1.165) is 16.7 Å². The van der Waals surface area contributed by atoms with Crippen molar-refractivity contribution < 1.29 is 29.1 Å². The first-order chi connectivity index (χ1) is 23.0. The number of benzene rings is 3. The van der Waals surface area contributed by atoms with Gasteiger partial charge in [0.15, 0.2) is 0 Å². The predicted molar refractivity (Wildman–Crippen MR) is 181 cm³/mol. The van der Waals surface area contributed by atoms with E-state index in [0.29, 0.717) is 12.8 Å². The van der Waals surface area contributed by atoms with Crippen LogP contribution in [0.1, 0.15) is 43.4 Å². The number of nitrogens with two attached hydrogens (primary N) is 1. The maximum atomic E-state index is 14.0. The van der Waals surface area contributed by atoms with Crippen LogP contribution in [0.3, 0.4) is 0 Å². The highest BCUT2D eigenvalue weighted by molar-refractivity contribution is 5.96. The minimum atomic E-state index is -1.18. The highest BCUT2D eigenvalue weighted by atomic mass is 16.4. The molecule has 11 nitrogen and oxygen atoms in total. The maximum absolute atomic E-state index is 14.0. The SMILES string of the molecule is CC(C)[C@H](NC(=O)[C@H](Cc1ccccc1)NC(=O)[C@@H](N)Cc1ccccc1)C(=O)N1CCC[C@H]1C(=O)N[C@@H](Cc1ccccc1)C(=O)O. The first kappa shape index (κ1) is 35.8. The van der Waals surface area contributed by atoms with Crippen LogP contribution in [-0.4, -0.2) is 76.4 Å². The fraction of sp³-hybridized carbons (Fsp3) is 0.378. The van der Waals surface area contributed by atoms with Gasteiger partial charge in [-0.15, -0.1) is 0 Å². The lowest BCUT2D eigenvalue weighted by molar-refractivity contribution is -0.145. The van der Waals surface area contributed by atoms with Crippen LogP contribution in [0.5, 0.6) is 0 Å². The van der Waals surface area contributed by atoms with E-state index in [1.165, 1.54) is 4.90 Å². The Kier molecular flexibility index (Phi) is 12.8. The summed E-state index contributed by atoms with van der Waals surface area (Å²) >= 11 is 0. The topological polar surface area (TPSA) is 171 Å². The molecule has 0 saturated carbocycles. The number of aliphatic carboxylic acids is 1. The predicted octanol–water partition coefficient (Wildman–Crippen LogP) is 2.23. The number of nitrogens with one attached hydrogen (secondary N) is 3. The van der Waals surface area contributed by atoms with Crippen LogP contribution < -0.4 is 21.7 Å². The summed E-state index contributed by atoms with van der Waals surface area (Å²) in [5.74, 6) is -3.59. The monoisotopic (exact) mass is 655 g/mol. The minimum Gasteiger partial charge on any atom is -0.480 e. The molecule has 48 heavy (non-hydrogen) atoms. The van der Waals surface area contributed by atoms with Crippen molar-refractivity contribution in [3.63, 3.8) is 0 Å². The second-order valence-corrected chi connectivity index (χ2v) is 12.6. The molecular weight excluding hydrogens is 610 g/mol. The molecule has 1 heterocycles. The molecular formula is C37H45N5O6. The summed E-state index contributed by atoms with van der Waals surface area (Å²) in [6, 6.07) is 22.5. The molecule has 0 aliphatic carbocycles. The number of nitrogens with zero attached hydrogens (tertiary/aromatic N) is 1. The van der Waals surface area contributed by atoms with Gasteiger partial charge in [-0.05, 0) is 41.9 Å². The summed E-state index contributed by atoms with van der Waals surface area (Å²) in [6.07, 6.45) is 1.45. The fourth-order valence-corrected chi connectivity index (χ4v) is 5.87. The van der Waals surface area contributed by atoms with Crippen molar-refractivity contribution in [2.45, 2.75) is 76.2 Å². The highest BCUT2D eigenvalue weighted by Gasteiger charge is 2.40. The molecule has 3 aromatic carbocycles. The summed E-state index contributed by atoms with van der Waals surface area (Å²) < 4.78 is 0. The molecule has 0 bridgehead atoms. The Bertz CT molecular complexity index is 1540. The van der Waals surface area contributed by atoms with Crippen LogP contribution in [0, 0.1) is 5.92 Å². The second kappa shape index (κ2) is 17.2. The number of carboxylic acid groups (broad SMARTS) is 1. The third-order valence-electron chi connectivity index (χ3n) is 8.52. The van der Waals surface area contributed by atoms with Gasteiger partial charge in [-0.3, -0.25) is 19.2 Å². The zero-order chi connectivity index (χ0) is 34.6. The van der Waals surface area contributed by atoms with Gasteiger partial charge in [0.05, 0.1) is 6.04 Å². The van der Waals surface area contributed by atoms with Crippen molar-refractivity contribution in [1.82, 2.24) is 20.9 Å². The van der Waals surface area contributed by atoms with E-state index in [9.17, 15) is 29.1 Å². The molecule has 1 aliphatic heterocycles. The maximum Gasteiger partial charge on any atom is 0.326 e. The van der Waals surface area contributed by atoms with Crippen molar-refractivity contribution in [1.29, 1.82) is 0 Å². The fourth-order valence-electron chi connectivity index (χ4n) is 5.87. The lowest BCUT2D eigenvalue weighted by Gasteiger charge is -2.32. The van der Waals surface area contributed by atoms with E-state index in [1.807, 2.05) is 66.7 Å². The van der Waals surface area contributed by atoms with Gasteiger partial charge in [-0.25, -0.2) is 4.79 Å². The van der Waals surface area contributed by atoms with Gasteiger partial charge in [0, 0.05) is 19.4 Å². The molecule has 4 rings (SSSR count). The number of likely N-dealkylation sites (tertiary alicyclic amines) is 1. The molecule has 5 atom stereocenters. The molecule has 11 heteroatoms. The molecule has 6 N–H and O–H groups in total. The third-order valence-corrected chi connectivity index (χ3v) is 8.52. The van der Waals surface area contributed by atoms with Gasteiger partial charge < -0.3 is 31.7 Å². The van der Waals surface area contributed by atoms with E-state index in [1.54, 1.807) is 38.1 Å². The van der Waals surface area contributed by atoms with Crippen LogP contribution in [0.2, 0.25) is 0 Å². The van der Waals surface area contributed by atoms with Crippen LogP contribution in [-0.2, 0) is 43.2 Å². The summed E-state index contributed by atoms with van der Waals surface area (Å²) in [4.78, 5) is 67.8. The van der Waals surface area contributed by atoms with Crippen molar-refractivity contribution in [2.24, 2.45) is 11.7 Å². The minimum absolute atomic E-state index is 0.0940. The Labute approximate surface area is 281 Å². The van der Waals surface area contributed by atoms with Crippen LogP contribution >= 0.6 is 0 Å². The van der Waals surface area contributed by atoms with Gasteiger partial charge >= 0.3 is 5.97 Å². The average molecular weight is 656 g/mol. The van der Waals surface area contributed by atoms with Gasteiger partial charge in [-0.2, -0.15) is 0 Å². The van der Waals surface area contributed by atoms with Gasteiger partial charge in [0.1, 0.15) is 24.2 Å². The molecule has 4 amide bonds. The second-order valence-electron chi connectivity index (χ2n) is 12.6. The summed E-state index contributed by atoms with van der Waals surface area (Å²) in [5.41, 5.74) is 8.68. The Hall–Kier alpha value is -5.03. The van der Waals surface area contributed by atoms with E-state index < -0.39 is 59.8 Å². The van der Waals surface area contributed by atoms with Crippen LogP contribution in [0.25, 0.3) is 0 Å². The van der Waals surface area contributed by atoms with Crippen LogP contribution in [0.4, 0.5) is 0 Å². The summed E-state index contributed by atoms with van der Waals surface area (Å²) in [5, 5.41) is 18.1. The average Bonchev–Trinajstić information content (AvgIpc) is 3.58. The highest BCUT2D eigenvalue weighted by Crippen LogP contribution is 2.21.